The fraction of sp³-hybridized carbons (Fsp3) is 0.333. The third kappa shape index (κ3) is 1.99. The molecule has 0 aliphatic rings. The molecule has 2 N–H and O–H groups in total. The first-order valence-electron chi connectivity index (χ1n) is 3.74. The zero-order chi connectivity index (χ0) is 9.14. The quantitative estimate of drug-likeness (QED) is 0.717. The van der Waals surface area contributed by atoms with Gasteiger partial charge in [0, 0.05) is 10.9 Å². The lowest BCUT2D eigenvalue weighted by molar-refractivity contribution is 0.619. The van der Waals surface area contributed by atoms with Crippen molar-refractivity contribution in [2.45, 2.75) is 17.9 Å². The molecule has 0 fully saturated rings. The van der Waals surface area contributed by atoms with Crippen molar-refractivity contribution >= 4 is 11.8 Å². The first kappa shape index (κ1) is 9.55. The summed E-state index contributed by atoms with van der Waals surface area (Å²) in [5.41, 5.74) is 6.56. The normalized spacial score (nSPS) is 13.0. The molecule has 1 rings (SSSR count). The molecule has 1 aromatic carbocycles. The number of hydrogen-bond acceptors (Lipinski definition) is 2. The molecule has 12 heavy (non-hydrogen) atoms. The Hall–Kier alpha value is -0.540. The second kappa shape index (κ2) is 3.92. The first-order chi connectivity index (χ1) is 5.65. The van der Waals surface area contributed by atoms with E-state index < -0.39 is 0 Å². The molecule has 3 heteroatoms. The number of thioether (sulfide) groups is 1. The fourth-order valence-electron chi connectivity index (χ4n) is 1.06. The lowest BCUT2D eigenvalue weighted by atomic mass is 10.1. The van der Waals surface area contributed by atoms with Crippen LogP contribution in [0.5, 0.6) is 0 Å². The molecule has 1 nitrogen and oxygen atoms in total. The highest BCUT2D eigenvalue weighted by Gasteiger charge is 2.06. The second-order valence-corrected chi connectivity index (χ2v) is 3.52. The van der Waals surface area contributed by atoms with Gasteiger partial charge in [-0.1, -0.05) is 0 Å². The SMILES string of the molecule is CSc1ccc(F)cc1[C@H](C)N. The molecule has 1 atom stereocenters. The van der Waals surface area contributed by atoms with Crippen LogP contribution in [0.3, 0.4) is 0 Å². The van der Waals surface area contributed by atoms with E-state index in [1.165, 1.54) is 12.1 Å². The molecular weight excluding hydrogens is 173 g/mol. The van der Waals surface area contributed by atoms with Crippen molar-refractivity contribution in [3.63, 3.8) is 0 Å². The van der Waals surface area contributed by atoms with Gasteiger partial charge in [0.25, 0.3) is 0 Å². The van der Waals surface area contributed by atoms with E-state index in [1.807, 2.05) is 13.2 Å². The maximum Gasteiger partial charge on any atom is 0.123 e. The molecule has 66 valence electrons. The summed E-state index contributed by atoms with van der Waals surface area (Å²) in [4.78, 5) is 1.05. The van der Waals surface area contributed by atoms with Gasteiger partial charge in [-0.3, -0.25) is 0 Å². The molecule has 0 aliphatic heterocycles. The first-order valence-corrected chi connectivity index (χ1v) is 4.96. The van der Waals surface area contributed by atoms with Crippen molar-refractivity contribution in [2.75, 3.05) is 6.26 Å². The summed E-state index contributed by atoms with van der Waals surface area (Å²) in [6.07, 6.45) is 1.96. The van der Waals surface area contributed by atoms with E-state index in [4.69, 9.17) is 5.73 Å². The van der Waals surface area contributed by atoms with Crippen LogP contribution in [0, 0.1) is 5.82 Å². The monoisotopic (exact) mass is 185 g/mol. The average molecular weight is 185 g/mol. The van der Waals surface area contributed by atoms with E-state index in [0.717, 1.165) is 10.5 Å². The Morgan fingerprint density at radius 1 is 1.50 bits per heavy atom. The van der Waals surface area contributed by atoms with E-state index in [1.54, 1.807) is 17.8 Å². The standard InChI is InChI=1S/C9H12FNS/c1-6(11)8-5-7(10)3-4-9(8)12-2/h3-6H,11H2,1-2H3/t6-/m0/s1. The summed E-state index contributed by atoms with van der Waals surface area (Å²) in [5, 5.41) is 0. The summed E-state index contributed by atoms with van der Waals surface area (Å²) >= 11 is 1.59. The van der Waals surface area contributed by atoms with E-state index in [9.17, 15) is 4.39 Å². The van der Waals surface area contributed by atoms with E-state index in [-0.39, 0.29) is 11.9 Å². The Morgan fingerprint density at radius 2 is 2.17 bits per heavy atom. The van der Waals surface area contributed by atoms with E-state index in [2.05, 4.69) is 0 Å². The highest BCUT2D eigenvalue weighted by atomic mass is 32.2. The maximum atomic E-state index is 12.8. The summed E-state index contributed by atoms with van der Waals surface area (Å²) in [6.45, 7) is 1.86. The van der Waals surface area contributed by atoms with Gasteiger partial charge in [-0.05, 0) is 36.9 Å². The number of rotatable bonds is 2. The molecule has 0 heterocycles. The highest BCUT2D eigenvalue weighted by molar-refractivity contribution is 7.98. The molecule has 0 radical (unpaired) electrons. The van der Waals surface area contributed by atoms with Gasteiger partial charge in [0.1, 0.15) is 5.82 Å². The molecule has 0 aliphatic carbocycles. The molecular formula is C9H12FNS. The molecule has 0 aromatic heterocycles. The van der Waals surface area contributed by atoms with Crippen molar-refractivity contribution in [3.8, 4) is 0 Å². The largest absolute Gasteiger partial charge is 0.324 e. The van der Waals surface area contributed by atoms with Crippen molar-refractivity contribution in [3.05, 3.63) is 29.6 Å². The van der Waals surface area contributed by atoms with Crippen LogP contribution in [0.4, 0.5) is 4.39 Å². The van der Waals surface area contributed by atoms with Gasteiger partial charge in [0.2, 0.25) is 0 Å². The van der Waals surface area contributed by atoms with Crippen LogP contribution in [0.15, 0.2) is 23.1 Å². The van der Waals surface area contributed by atoms with Crippen LogP contribution >= 0.6 is 11.8 Å². The van der Waals surface area contributed by atoms with E-state index >= 15 is 0 Å². The van der Waals surface area contributed by atoms with Gasteiger partial charge in [-0.2, -0.15) is 0 Å². The second-order valence-electron chi connectivity index (χ2n) is 2.67. The van der Waals surface area contributed by atoms with Gasteiger partial charge in [-0.25, -0.2) is 4.39 Å². The number of halogens is 1. The molecule has 1 aromatic rings. The molecule has 0 spiro atoms. The predicted octanol–water partition coefficient (Wildman–Crippen LogP) is 2.57. The maximum absolute atomic E-state index is 12.8. The van der Waals surface area contributed by atoms with Gasteiger partial charge in [0.15, 0.2) is 0 Å². The lowest BCUT2D eigenvalue weighted by Crippen LogP contribution is -2.06. The average Bonchev–Trinajstić information content (AvgIpc) is 2.04. The van der Waals surface area contributed by atoms with Crippen LogP contribution in [0.25, 0.3) is 0 Å². The Labute approximate surface area is 76.2 Å². The Morgan fingerprint density at radius 3 is 2.67 bits per heavy atom. The fourth-order valence-corrected chi connectivity index (χ4v) is 1.75. The zero-order valence-electron chi connectivity index (χ0n) is 7.17. The van der Waals surface area contributed by atoms with E-state index in [0.29, 0.717) is 0 Å². The van der Waals surface area contributed by atoms with Crippen molar-refractivity contribution in [1.82, 2.24) is 0 Å². The van der Waals surface area contributed by atoms with Gasteiger partial charge < -0.3 is 5.73 Å². The minimum atomic E-state index is -0.222. The van der Waals surface area contributed by atoms with Crippen LogP contribution in [-0.2, 0) is 0 Å². The number of hydrogen-bond donors (Lipinski definition) is 1. The van der Waals surface area contributed by atoms with Crippen LogP contribution in [0.2, 0.25) is 0 Å². The Bertz CT molecular complexity index is 273. The summed E-state index contributed by atoms with van der Waals surface area (Å²) < 4.78 is 12.8. The van der Waals surface area contributed by atoms with Crippen molar-refractivity contribution in [1.29, 1.82) is 0 Å². The lowest BCUT2D eigenvalue weighted by Gasteiger charge is -2.10. The molecule has 0 bridgehead atoms. The van der Waals surface area contributed by atoms with Crippen molar-refractivity contribution in [2.24, 2.45) is 5.73 Å². The van der Waals surface area contributed by atoms with Crippen LogP contribution < -0.4 is 5.73 Å². The number of benzene rings is 1. The topological polar surface area (TPSA) is 26.0 Å². The van der Waals surface area contributed by atoms with Crippen LogP contribution in [-0.4, -0.2) is 6.26 Å². The van der Waals surface area contributed by atoms with Gasteiger partial charge in [-0.15, -0.1) is 11.8 Å². The predicted molar refractivity (Wildman–Crippen MR) is 50.8 cm³/mol. The number of nitrogens with two attached hydrogens (primary N) is 1. The zero-order valence-corrected chi connectivity index (χ0v) is 7.99. The molecule has 0 saturated heterocycles. The minimum Gasteiger partial charge on any atom is -0.324 e. The van der Waals surface area contributed by atoms with Gasteiger partial charge >= 0.3 is 0 Å². The molecule has 0 unspecified atom stereocenters. The Kier molecular flexibility index (Phi) is 3.12. The summed E-state index contributed by atoms with van der Waals surface area (Å²) in [5.74, 6) is -0.222. The smallest absolute Gasteiger partial charge is 0.123 e. The Balaban J connectivity index is 3.12. The molecule has 0 amide bonds. The summed E-state index contributed by atoms with van der Waals surface area (Å²) in [7, 11) is 0. The minimum absolute atomic E-state index is 0.108. The highest BCUT2D eigenvalue weighted by Crippen LogP contribution is 2.25. The third-order valence-corrected chi connectivity index (χ3v) is 2.49. The van der Waals surface area contributed by atoms with Crippen LogP contribution in [0.1, 0.15) is 18.5 Å². The van der Waals surface area contributed by atoms with Gasteiger partial charge in [0.05, 0.1) is 0 Å². The van der Waals surface area contributed by atoms with Crippen molar-refractivity contribution < 1.29 is 4.39 Å². The molecule has 0 saturated carbocycles. The summed E-state index contributed by atoms with van der Waals surface area (Å²) in [6, 6.07) is 4.61. The third-order valence-electron chi connectivity index (χ3n) is 1.68.